The molecule has 4 aromatic heterocycles. The molecule has 5 heterocycles. The van der Waals surface area contributed by atoms with Crippen molar-refractivity contribution in [2.24, 2.45) is 0 Å². The molecule has 11 heteroatoms. The monoisotopic (exact) mass is 493 g/mol. The highest BCUT2D eigenvalue weighted by molar-refractivity contribution is 7.99. The third kappa shape index (κ3) is 3.77. The van der Waals surface area contributed by atoms with Crippen LogP contribution in [0.15, 0.2) is 51.2 Å². The number of carbonyl (C=O) groups excluding carboxylic acids is 1. The summed E-state index contributed by atoms with van der Waals surface area (Å²) >= 11 is 1.27. The first-order valence-corrected chi connectivity index (χ1v) is 11.9. The van der Waals surface area contributed by atoms with Crippen molar-refractivity contribution in [3.05, 3.63) is 59.3 Å². The SMILES string of the molecule is CCOC(=O)c1[nH]cc2c(-c3ccc(Sc4nc5ccc(F)cc5[nH]4)o3)c3c(nc12)CNCC3O. The van der Waals surface area contributed by atoms with Gasteiger partial charge in [0, 0.05) is 35.8 Å². The smallest absolute Gasteiger partial charge is 0.357 e. The van der Waals surface area contributed by atoms with Crippen molar-refractivity contribution in [3.8, 4) is 11.3 Å². The van der Waals surface area contributed by atoms with Crippen LogP contribution in [0.1, 0.15) is 34.8 Å². The Morgan fingerprint density at radius 1 is 1.31 bits per heavy atom. The van der Waals surface area contributed by atoms with Gasteiger partial charge in [0.05, 0.1) is 29.4 Å². The van der Waals surface area contributed by atoms with E-state index in [1.807, 2.05) is 6.07 Å². The minimum atomic E-state index is -0.793. The zero-order chi connectivity index (χ0) is 24.1. The second kappa shape index (κ2) is 8.52. The van der Waals surface area contributed by atoms with Crippen molar-refractivity contribution in [2.75, 3.05) is 13.2 Å². The lowest BCUT2D eigenvalue weighted by atomic mass is 9.93. The molecule has 1 aliphatic heterocycles. The molecule has 0 spiro atoms. The first kappa shape index (κ1) is 21.8. The van der Waals surface area contributed by atoms with Crippen LogP contribution in [0, 0.1) is 5.82 Å². The van der Waals surface area contributed by atoms with Crippen molar-refractivity contribution in [3.63, 3.8) is 0 Å². The van der Waals surface area contributed by atoms with Gasteiger partial charge in [-0.05, 0) is 49.0 Å². The number of aliphatic hydroxyl groups excluding tert-OH is 1. The van der Waals surface area contributed by atoms with Crippen LogP contribution >= 0.6 is 11.8 Å². The van der Waals surface area contributed by atoms with Crippen molar-refractivity contribution in [1.82, 2.24) is 25.3 Å². The highest BCUT2D eigenvalue weighted by atomic mass is 32.2. The fraction of sp³-hybridized carbons (Fsp3) is 0.208. The summed E-state index contributed by atoms with van der Waals surface area (Å²) < 4.78 is 24.9. The summed E-state index contributed by atoms with van der Waals surface area (Å²) in [5, 5.41) is 15.7. The standard InChI is InChI=1S/C24H20FN5O4S/c1-2-33-23(32)22-21-12(8-27-22)19(20-15(28-21)9-26-10-16(20)31)17-5-6-18(34-17)35-24-29-13-4-3-11(25)7-14(13)30-24/h3-8,16,26-27,31H,2,9-10H2,1H3,(H,29,30). The number of H-pyrrole nitrogens is 2. The van der Waals surface area contributed by atoms with Crippen LogP contribution in [0.4, 0.5) is 4.39 Å². The Morgan fingerprint density at radius 2 is 2.20 bits per heavy atom. The number of β-amino-alcohol motifs (C(OH)–C–C–N with tert-alkyl or cyclic N) is 1. The number of nitrogens with one attached hydrogen (secondary N) is 3. The van der Waals surface area contributed by atoms with Gasteiger partial charge in [-0.25, -0.2) is 19.2 Å². The zero-order valence-corrected chi connectivity index (χ0v) is 19.3. The van der Waals surface area contributed by atoms with E-state index < -0.39 is 12.1 Å². The van der Waals surface area contributed by atoms with Gasteiger partial charge in [0.1, 0.15) is 17.1 Å². The largest absolute Gasteiger partial charge is 0.461 e. The van der Waals surface area contributed by atoms with Crippen molar-refractivity contribution >= 4 is 39.7 Å². The molecular weight excluding hydrogens is 473 g/mol. The molecule has 0 saturated carbocycles. The molecule has 0 aliphatic carbocycles. The van der Waals surface area contributed by atoms with Gasteiger partial charge in [0.25, 0.3) is 0 Å². The fourth-order valence-corrected chi connectivity index (χ4v) is 5.13. The number of halogens is 1. The molecule has 1 unspecified atom stereocenters. The Balaban J connectivity index is 1.44. The maximum absolute atomic E-state index is 13.5. The third-order valence-corrected chi connectivity index (χ3v) is 6.65. The molecule has 0 bridgehead atoms. The molecule has 6 rings (SSSR count). The molecule has 5 aromatic rings. The maximum atomic E-state index is 13.5. The summed E-state index contributed by atoms with van der Waals surface area (Å²) in [7, 11) is 0. The lowest BCUT2D eigenvalue weighted by Crippen LogP contribution is -2.29. The number of imidazole rings is 1. The van der Waals surface area contributed by atoms with E-state index in [9.17, 15) is 14.3 Å². The number of hydrogen-bond donors (Lipinski definition) is 4. The Hall–Kier alpha value is -3.67. The summed E-state index contributed by atoms with van der Waals surface area (Å²) in [6, 6.07) is 7.98. The van der Waals surface area contributed by atoms with E-state index in [0.717, 1.165) is 0 Å². The number of pyridine rings is 1. The number of hydrogen-bond acceptors (Lipinski definition) is 8. The number of esters is 1. The Kier molecular flexibility index (Phi) is 5.32. The van der Waals surface area contributed by atoms with Crippen LogP contribution in [0.5, 0.6) is 0 Å². The number of furan rings is 1. The molecular formula is C24H20FN5O4S. The summed E-state index contributed by atoms with van der Waals surface area (Å²) in [6.07, 6.45) is 0.889. The van der Waals surface area contributed by atoms with E-state index in [1.165, 1.54) is 23.9 Å². The van der Waals surface area contributed by atoms with Crippen molar-refractivity contribution < 1.29 is 23.4 Å². The highest BCUT2D eigenvalue weighted by Gasteiger charge is 2.29. The van der Waals surface area contributed by atoms with Crippen LogP contribution in [0.3, 0.4) is 0 Å². The second-order valence-corrected chi connectivity index (χ2v) is 9.06. The van der Waals surface area contributed by atoms with E-state index >= 15 is 0 Å². The molecule has 4 N–H and O–H groups in total. The van der Waals surface area contributed by atoms with Crippen LogP contribution in [0.25, 0.3) is 33.3 Å². The minimum Gasteiger partial charge on any atom is -0.461 e. The zero-order valence-electron chi connectivity index (χ0n) is 18.5. The Labute approximate surface area is 202 Å². The predicted octanol–water partition coefficient (Wildman–Crippen LogP) is 4.30. The van der Waals surface area contributed by atoms with Crippen LogP contribution in [0.2, 0.25) is 0 Å². The van der Waals surface area contributed by atoms with Gasteiger partial charge < -0.3 is 29.5 Å². The molecule has 35 heavy (non-hydrogen) atoms. The van der Waals surface area contributed by atoms with Gasteiger partial charge in [0.15, 0.2) is 15.9 Å². The van der Waals surface area contributed by atoms with E-state index in [-0.39, 0.29) is 18.1 Å². The second-order valence-electron chi connectivity index (χ2n) is 8.06. The Morgan fingerprint density at radius 3 is 3.06 bits per heavy atom. The quantitative estimate of drug-likeness (QED) is 0.267. The summed E-state index contributed by atoms with van der Waals surface area (Å²) in [5.74, 6) is -0.318. The van der Waals surface area contributed by atoms with Crippen LogP contribution in [-0.2, 0) is 11.3 Å². The normalized spacial score (nSPS) is 15.6. The summed E-state index contributed by atoms with van der Waals surface area (Å²) in [4.78, 5) is 27.7. The average molecular weight is 494 g/mol. The van der Waals surface area contributed by atoms with Gasteiger partial charge in [-0.2, -0.15) is 0 Å². The van der Waals surface area contributed by atoms with E-state index in [2.05, 4.69) is 25.3 Å². The number of fused-ring (bicyclic) bond motifs is 3. The molecule has 1 aromatic carbocycles. The number of rotatable bonds is 5. The topological polar surface area (TPSA) is 129 Å². The van der Waals surface area contributed by atoms with Crippen molar-refractivity contribution in [2.45, 2.75) is 29.8 Å². The summed E-state index contributed by atoms with van der Waals surface area (Å²) in [6.45, 7) is 2.80. The number of aromatic amines is 2. The highest BCUT2D eigenvalue weighted by Crippen LogP contribution is 2.41. The fourth-order valence-electron chi connectivity index (χ4n) is 4.37. The number of nitrogens with zero attached hydrogens (tertiary/aromatic N) is 2. The number of benzene rings is 1. The molecule has 1 atom stereocenters. The van der Waals surface area contributed by atoms with Gasteiger partial charge in [-0.3, -0.25) is 0 Å². The molecule has 1 aliphatic rings. The summed E-state index contributed by atoms with van der Waals surface area (Å²) in [5.41, 5.74) is 3.93. The van der Waals surface area contributed by atoms with Gasteiger partial charge >= 0.3 is 5.97 Å². The molecule has 9 nitrogen and oxygen atoms in total. The predicted molar refractivity (Wildman–Crippen MR) is 127 cm³/mol. The molecule has 0 saturated heterocycles. The molecule has 0 amide bonds. The number of carbonyl (C=O) groups is 1. The van der Waals surface area contributed by atoms with E-state index in [1.54, 1.807) is 25.3 Å². The molecule has 0 radical (unpaired) electrons. The number of aromatic nitrogens is 4. The van der Waals surface area contributed by atoms with Crippen LogP contribution in [-0.4, -0.2) is 44.2 Å². The molecule has 178 valence electrons. The van der Waals surface area contributed by atoms with E-state index in [0.29, 0.717) is 67.9 Å². The lowest BCUT2D eigenvalue weighted by Gasteiger charge is -2.24. The van der Waals surface area contributed by atoms with Crippen LogP contribution < -0.4 is 5.32 Å². The first-order valence-electron chi connectivity index (χ1n) is 11.0. The van der Waals surface area contributed by atoms with Gasteiger partial charge in [-0.1, -0.05) is 0 Å². The lowest BCUT2D eigenvalue weighted by molar-refractivity contribution is 0.0522. The first-order chi connectivity index (χ1) is 17.0. The molecule has 0 fully saturated rings. The average Bonchev–Trinajstić information content (AvgIpc) is 3.56. The van der Waals surface area contributed by atoms with Gasteiger partial charge in [-0.15, -0.1) is 0 Å². The maximum Gasteiger partial charge on any atom is 0.357 e. The van der Waals surface area contributed by atoms with Gasteiger partial charge in [0.2, 0.25) is 0 Å². The van der Waals surface area contributed by atoms with Crippen molar-refractivity contribution in [1.29, 1.82) is 0 Å². The third-order valence-electron chi connectivity index (χ3n) is 5.84. The number of ether oxygens (including phenoxy) is 1. The number of aliphatic hydroxyl groups is 1. The Bertz CT molecular complexity index is 1590. The van der Waals surface area contributed by atoms with E-state index in [4.69, 9.17) is 9.15 Å². The minimum absolute atomic E-state index is 0.241.